The van der Waals surface area contributed by atoms with Gasteiger partial charge in [-0.15, -0.1) is 0 Å². The van der Waals surface area contributed by atoms with Gasteiger partial charge in [0.1, 0.15) is 6.61 Å². The second-order valence-electron chi connectivity index (χ2n) is 17.4. The molecule has 0 N–H and O–H groups in total. The van der Waals surface area contributed by atoms with Gasteiger partial charge in [-0.2, -0.15) is 0 Å². The molecular formula is C61H100O5. The molecule has 374 valence electrons. The Labute approximate surface area is 407 Å². The van der Waals surface area contributed by atoms with Gasteiger partial charge in [-0.3, -0.25) is 9.59 Å². The van der Waals surface area contributed by atoms with Crippen LogP contribution in [0.2, 0.25) is 0 Å². The van der Waals surface area contributed by atoms with Crippen molar-refractivity contribution < 1.29 is 23.8 Å². The fraction of sp³-hybridized carbons (Fsp3) is 0.639. The summed E-state index contributed by atoms with van der Waals surface area (Å²) < 4.78 is 17.3. The standard InChI is InChI=1S/C61H100O5/c1-4-7-10-13-16-19-22-25-28-30-31-32-34-36-39-42-45-48-51-54-60(62)65-58-59(57-64-56-53-50-47-44-41-38-35-29-26-23-20-17-14-11-8-5-2)66-61(63)55-52-49-46-43-40-37-33-27-24-21-18-15-12-9-6-3/h7,9-10,12,16,18-19,21,25-29,31-33,40,43,49,52,59H,4-6,8,11,13-15,17,20,22-24,30,34-39,41-42,44-48,50-51,53-58H2,1-3H3/b10-7-,12-9-,19-16-,21-18-,28-25-,29-26-,32-31-,33-27-,43-40-,52-49-. The first kappa shape index (κ1) is 62.3. The fourth-order valence-corrected chi connectivity index (χ4v) is 7.04. The minimum Gasteiger partial charge on any atom is -0.462 e. The van der Waals surface area contributed by atoms with Crippen LogP contribution in [-0.4, -0.2) is 37.9 Å². The molecule has 0 amide bonds. The minimum atomic E-state index is -0.608. The number of allylic oxidation sites excluding steroid dienone is 19. The van der Waals surface area contributed by atoms with E-state index in [0.717, 1.165) is 96.3 Å². The Hall–Kier alpha value is -3.70. The average molecular weight is 913 g/mol. The summed E-state index contributed by atoms with van der Waals surface area (Å²) in [5.41, 5.74) is 0. The van der Waals surface area contributed by atoms with Gasteiger partial charge in [-0.1, -0.05) is 226 Å². The Bertz CT molecular complexity index is 1350. The summed E-state index contributed by atoms with van der Waals surface area (Å²) in [6, 6.07) is 0. The van der Waals surface area contributed by atoms with Gasteiger partial charge < -0.3 is 14.2 Å². The molecular weight excluding hydrogens is 813 g/mol. The van der Waals surface area contributed by atoms with E-state index < -0.39 is 6.10 Å². The maximum atomic E-state index is 12.8. The van der Waals surface area contributed by atoms with Crippen molar-refractivity contribution in [3.05, 3.63) is 122 Å². The first-order chi connectivity index (χ1) is 32.6. The van der Waals surface area contributed by atoms with Crippen LogP contribution in [0.5, 0.6) is 0 Å². The molecule has 0 spiro atoms. The number of carbonyl (C=O) groups excluding carboxylic acids is 2. The Balaban J connectivity index is 4.43. The Morgan fingerprint density at radius 3 is 1.18 bits per heavy atom. The molecule has 1 atom stereocenters. The molecule has 0 rings (SSSR count). The monoisotopic (exact) mass is 913 g/mol. The molecule has 0 radical (unpaired) electrons. The maximum absolute atomic E-state index is 12.8. The van der Waals surface area contributed by atoms with Crippen LogP contribution in [0.15, 0.2) is 122 Å². The number of esters is 2. The van der Waals surface area contributed by atoms with Gasteiger partial charge in [-0.25, -0.2) is 0 Å². The van der Waals surface area contributed by atoms with Gasteiger partial charge in [0.05, 0.1) is 13.0 Å². The van der Waals surface area contributed by atoms with Gasteiger partial charge in [0, 0.05) is 13.0 Å². The van der Waals surface area contributed by atoms with Crippen LogP contribution in [0.25, 0.3) is 0 Å². The highest BCUT2D eigenvalue weighted by Gasteiger charge is 2.17. The fourth-order valence-electron chi connectivity index (χ4n) is 7.04. The number of carbonyl (C=O) groups is 2. The van der Waals surface area contributed by atoms with Gasteiger partial charge in [0.25, 0.3) is 0 Å². The predicted octanol–water partition coefficient (Wildman–Crippen LogP) is 18.6. The van der Waals surface area contributed by atoms with Crippen LogP contribution in [0.3, 0.4) is 0 Å². The lowest BCUT2D eigenvalue weighted by Gasteiger charge is -2.18. The summed E-state index contributed by atoms with van der Waals surface area (Å²) in [4.78, 5) is 25.4. The van der Waals surface area contributed by atoms with E-state index in [1.807, 2.05) is 12.2 Å². The molecule has 0 aliphatic rings. The summed E-state index contributed by atoms with van der Waals surface area (Å²) in [5, 5.41) is 0. The van der Waals surface area contributed by atoms with E-state index in [-0.39, 0.29) is 31.6 Å². The third-order valence-electron chi connectivity index (χ3n) is 11.0. The van der Waals surface area contributed by atoms with Crippen molar-refractivity contribution in [3.8, 4) is 0 Å². The van der Waals surface area contributed by atoms with E-state index in [0.29, 0.717) is 13.0 Å². The van der Waals surface area contributed by atoms with Crippen molar-refractivity contribution >= 4 is 11.9 Å². The van der Waals surface area contributed by atoms with Crippen molar-refractivity contribution in [1.82, 2.24) is 0 Å². The van der Waals surface area contributed by atoms with E-state index in [2.05, 4.69) is 130 Å². The summed E-state index contributed by atoms with van der Waals surface area (Å²) in [5.74, 6) is -0.568. The molecule has 0 bridgehead atoms. The van der Waals surface area contributed by atoms with Crippen molar-refractivity contribution in [2.45, 2.75) is 232 Å². The van der Waals surface area contributed by atoms with Crippen LogP contribution in [-0.2, 0) is 23.8 Å². The SMILES string of the molecule is CC/C=C\C/C=C\C/C=C\C/C=C\C/C=C\CC(=O)OC(COCCCCCCCC/C=C\CCCCCCCC)COC(=O)CCCCCCCC/C=C\C/C=C\C/C=C\C/C=C\CC. The topological polar surface area (TPSA) is 61.8 Å². The van der Waals surface area contributed by atoms with Gasteiger partial charge in [0.2, 0.25) is 0 Å². The molecule has 66 heavy (non-hydrogen) atoms. The summed E-state index contributed by atoms with van der Waals surface area (Å²) in [6.45, 7) is 7.46. The second-order valence-corrected chi connectivity index (χ2v) is 17.4. The lowest BCUT2D eigenvalue weighted by molar-refractivity contribution is -0.162. The summed E-state index contributed by atoms with van der Waals surface area (Å²) >= 11 is 0. The molecule has 0 aliphatic heterocycles. The highest BCUT2D eigenvalue weighted by molar-refractivity contribution is 5.71. The number of ether oxygens (including phenoxy) is 3. The van der Waals surface area contributed by atoms with E-state index in [9.17, 15) is 9.59 Å². The molecule has 1 unspecified atom stereocenters. The third kappa shape index (κ3) is 52.9. The van der Waals surface area contributed by atoms with E-state index in [1.165, 1.54) is 96.3 Å². The zero-order chi connectivity index (χ0) is 47.7. The first-order valence-corrected chi connectivity index (χ1v) is 27.1. The van der Waals surface area contributed by atoms with Crippen molar-refractivity contribution in [2.75, 3.05) is 19.8 Å². The quantitative estimate of drug-likeness (QED) is 0.0346. The number of hydrogen-bond donors (Lipinski definition) is 0. The molecule has 0 heterocycles. The molecule has 0 saturated heterocycles. The third-order valence-corrected chi connectivity index (χ3v) is 11.0. The lowest BCUT2D eigenvalue weighted by Crippen LogP contribution is -2.29. The van der Waals surface area contributed by atoms with Gasteiger partial charge in [-0.05, 0) is 109 Å². The van der Waals surface area contributed by atoms with Crippen LogP contribution >= 0.6 is 0 Å². The van der Waals surface area contributed by atoms with Gasteiger partial charge >= 0.3 is 11.9 Å². The average Bonchev–Trinajstić information content (AvgIpc) is 3.32. The molecule has 5 heteroatoms. The van der Waals surface area contributed by atoms with Crippen LogP contribution in [0.1, 0.15) is 226 Å². The molecule has 0 aliphatic carbocycles. The Kier molecular flexibility index (Phi) is 52.5. The second kappa shape index (κ2) is 55.6. The first-order valence-electron chi connectivity index (χ1n) is 27.1. The smallest absolute Gasteiger partial charge is 0.310 e. The normalized spacial score (nSPS) is 13.2. The van der Waals surface area contributed by atoms with Crippen molar-refractivity contribution in [2.24, 2.45) is 0 Å². The molecule has 0 aromatic heterocycles. The summed E-state index contributed by atoms with van der Waals surface area (Å²) in [6.07, 6.45) is 78.1. The minimum absolute atomic E-state index is 0.0287. The molecule has 5 nitrogen and oxygen atoms in total. The number of rotatable bonds is 48. The Morgan fingerprint density at radius 2 is 0.727 bits per heavy atom. The van der Waals surface area contributed by atoms with Gasteiger partial charge in [0.15, 0.2) is 6.10 Å². The van der Waals surface area contributed by atoms with E-state index >= 15 is 0 Å². The van der Waals surface area contributed by atoms with Crippen LogP contribution < -0.4 is 0 Å². The maximum Gasteiger partial charge on any atom is 0.310 e. The predicted molar refractivity (Wildman–Crippen MR) is 288 cm³/mol. The van der Waals surface area contributed by atoms with Crippen LogP contribution in [0, 0.1) is 0 Å². The van der Waals surface area contributed by atoms with E-state index in [1.54, 1.807) is 0 Å². The molecule has 0 aromatic carbocycles. The molecule has 0 saturated carbocycles. The zero-order valence-corrected chi connectivity index (χ0v) is 42.9. The molecule has 0 aromatic rings. The lowest BCUT2D eigenvalue weighted by atomic mass is 10.1. The highest BCUT2D eigenvalue weighted by Crippen LogP contribution is 2.12. The molecule has 0 fully saturated rings. The highest BCUT2D eigenvalue weighted by atomic mass is 16.6. The Morgan fingerprint density at radius 1 is 0.364 bits per heavy atom. The van der Waals surface area contributed by atoms with Crippen LogP contribution in [0.4, 0.5) is 0 Å². The van der Waals surface area contributed by atoms with E-state index in [4.69, 9.17) is 14.2 Å². The summed E-state index contributed by atoms with van der Waals surface area (Å²) in [7, 11) is 0. The number of unbranched alkanes of at least 4 members (excludes halogenated alkanes) is 18. The van der Waals surface area contributed by atoms with Crippen molar-refractivity contribution in [1.29, 1.82) is 0 Å². The largest absolute Gasteiger partial charge is 0.462 e. The van der Waals surface area contributed by atoms with Crippen molar-refractivity contribution in [3.63, 3.8) is 0 Å². The zero-order valence-electron chi connectivity index (χ0n) is 42.9. The number of hydrogen-bond acceptors (Lipinski definition) is 5.